The Bertz CT molecular complexity index is 3420. The van der Waals surface area contributed by atoms with E-state index in [1.807, 2.05) is 72.0 Å². The number of thiophene rings is 1. The summed E-state index contributed by atoms with van der Waals surface area (Å²) in [5, 5.41) is 7.09. The summed E-state index contributed by atoms with van der Waals surface area (Å²) in [6.07, 6.45) is 0. The van der Waals surface area contributed by atoms with Crippen LogP contribution >= 0.6 is 11.3 Å². The third-order valence-electron chi connectivity index (χ3n) is 11.1. The van der Waals surface area contributed by atoms with Gasteiger partial charge in [-0.05, 0) is 65.7 Å². The van der Waals surface area contributed by atoms with Crippen molar-refractivity contribution in [2.45, 2.75) is 0 Å². The van der Waals surface area contributed by atoms with Crippen LogP contribution in [0.5, 0.6) is 0 Å². The van der Waals surface area contributed by atoms with E-state index in [0.717, 1.165) is 49.9 Å². The molecule has 12 rings (SSSR count). The summed E-state index contributed by atoms with van der Waals surface area (Å²) < 4.78 is 11.4. The van der Waals surface area contributed by atoms with Crippen molar-refractivity contribution in [1.82, 2.24) is 19.5 Å². The highest BCUT2D eigenvalue weighted by atomic mass is 32.1. The Kier molecular flexibility index (Phi) is 7.03. The third-order valence-corrected chi connectivity index (χ3v) is 12.3. The Morgan fingerprint density at radius 1 is 0.386 bits per heavy atom. The van der Waals surface area contributed by atoms with E-state index in [0.29, 0.717) is 17.5 Å². The summed E-state index contributed by atoms with van der Waals surface area (Å²) >= 11 is 1.81. The van der Waals surface area contributed by atoms with Gasteiger partial charge in [-0.15, -0.1) is 11.3 Å². The maximum absolute atomic E-state index is 6.67. The average molecular weight is 747 g/mol. The van der Waals surface area contributed by atoms with Crippen LogP contribution in [0.3, 0.4) is 0 Å². The number of nitrogens with zero attached hydrogens (tertiary/aromatic N) is 4. The zero-order valence-corrected chi connectivity index (χ0v) is 31.2. The van der Waals surface area contributed by atoms with Crippen molar-refractivity contribution in [1.29, 1.82) is 0 Å². The largest absolute Gasteiger partial charge is 0.456 e. The molecule has 0 saturated heterocycles. The smallest absolute Gasteiger partial charge is 0.164 e. The number of para-hydroxylation sites is 2. The fraction of sp³-hybridized carbons (Fsp3) is 0. The first kappa shape index (κ1) is 31.9. The van der Waals surface area contributed by atoms with Crippen LogP contribution < -0.4 is 0 Å². The van der Waals surface area contributed by atoms with E-state index < -0.39 is 0 Å². The van der Waals surface area contributed by atoms with Crippen LogP contribution in [-0.4, -0.2) is 19.5 Å². The highest BCUT2D eigenvalue weighted by Crippen LogP contribution is 2.43. The average Bonchev–Trinajstić information content (AvgIpc) is 3.95. The molecule has 0 atom stereocenters. The van der Waals surface area contributed by atoms with Gasteiger partial charge < -0.3 is 8.98 Å². The van der Waals surface area contributed by atoms with Crippen molar-refractivity contribution in [3.8, 4) is 51.0 Å². The van der Waals surface area contributed by atoms with E-state index in [9.17, 15) is 0 Å². The van der Waals surface area contributed by atoms with E-state index in [2.05, 4.69) is 126 Å². The molecule has 57 heavy (non-hydrogen) atoms. The van der Waals surface area contributed by atoms with E-state index in [-0.39, 0.29) is 0 Å². The number of rotatable bonds is 5. The lowest BCUT2D eigenvalue weighted by molar-refractivity contribution is 0.669. The van der Waals surface area contributed by atoms with Crippen molar-refractivity contribution in [2.24, 2.45) is 0 Å². The molecule has 0 bridgehead atoms. The van der Waals surface area contributed by atoms with Gasteiger partial charge in [-0.1, -0.05) is 121 Å². The maximum Gasteiger partial charge on any atom is 0.164 e. The molecule has 12 aromatic rings. The summed E-state index contributed by atoms with van der Waals surface area (Å²) in [6.45, 7) is 0. The number of benzene rings is 8. The van der Waals surface area contributed by atoms with Gasteiger partial charge in [-0.3, -0.25) is 0 Å². The van der Waals surface area contributed by atoms with Crippen LogP contribution in [0.25, 0.3) is 115 Å². The van der Waals surface area contributed by atoms with Crippen LogP contribution in [0.15, 0.2) is 186 Å². The maximum atomic E-state index is 6.67. The highest BCUT2D eigenvalue weighted by molar-refractivity contribution is 7.26. The van der Waals surface area contributed by atoms with Crippen molar-refractivity contribution in [2.75, 3.05) is 0 Å². The molecular formula is C51H30N4OS. The summed E-state index contributed by atoms with van der Waals surface area (Å²) in [6, 6.07) is 63.8. The second-order valence-corrected chi connectivity index (χ2v) is 15.4. The minimum Gasteiger partial charge on any atom is -0.456 e. The van der Waals surface area contributed by atoms with E-state index in [4.69, 9.17) is 19.4 Å². The SMILES string of the molecule is c1ccc(-c2nc(-c3ccccc3)nc(-c3ccc4sc5c(-c6ccc7c(c6)oc6cc(-n8c9ccccc9c9ccccc98)ccc67)cccc5c4c3)n2)cc1. The molecule has 0 radical (unpaired) electrons. The highest BCUT2D eigenvalue weighted by Gasteiger charge is 2.18. The molecule has 0 spiro atoms. The van der Waals surface area contributed by atoms with Crippen molar-refractivity contribution < 1.29 is 4.42 Å². The van der Waals surface area contributed by atoms with Gasteiger partial charge in [-0.25, -0.2) is 15.0 Å². The number of furan rings is 1. The molecule has 6 heteroatoms. The van der Waals surface area contributed by atoms with Crippen molar-refractivity contribution in [3.05, 3.63) is 182 Å². The monoisotopic (exact) mass is 746 g/mol. The molecule has 4 heterocycles. The van der Waals surface area contributed by atoms with Crippen LogP contribution in [0, 0.1) is 0 Å². The predicted octanol–water partition coefficient (Wildman–Crippen LogP) is 13.9. The van der Waals surface area contributed by atoms with Gasteiger partial charge in [0.05, 0.1) is 11.0 Å². The van der Waals surface area contributed by atoms with Gasteiger partial charge in [0.15, 0.2) is 17.5 Å². The first-order chi connectivity index (χ1) is 28.2. The zero-order valence-electron chi connectivity index (χ0n) is 30.4. The first-order valence-electron chi connectivity index (χ1n) is 19.0. The van der Waals surface area contributed by atoms with E-state index in [1.54, 1.807) is 0 Å². The Labute approximate surface area is 330 Å². The predicted molar refractivity (Wildman–Crippen MR) is 236 cm³/mol. The topological polar surface area (TPSA) is 56.7 Å². The molecule has 0 fully saturated rings. The second-order valence-electron chi connectivity index (χ2n) is 14.4. The molecular weight excluding hydrogens is 717 g/mol. The quantitative estimate of drug-likeness (QED) is 0.176. The Morgan fingerprint density at radius 3 is 1.63 bits per heavy atom. The van der Waals surface area contributed by atoms with Gasteiger partial charge in [0.2, 0.25) is 0 Å². The van der Waals surface area contributed by atoms with Crippen molar-refractivity contribution in [3.63, 3.8) is 0 Å². The lowest BCUT2D eigenvalue weighted by Gasteiger charge is -2.08. The molecule has 0 aliphatic carbocycles. The third kappa shape index (κ3) is 5.12. The van der Waals surface area contributed by atoms with Crippen LogP contribution in [-0.2, 0) is 0 Å². The van der Waals surface area contributed by atoms with Crippen LogP contribution in [0.1, 0.15) is 0 Å². The molecule has 0 aliphatic rings. The molecule has 8 aromatic carbocycles. The summed E-state index contributed by atoms with van der Waals surface area (Å²) in [4.78, 5) is 14.9. The molecule has 266 valence electrons. The normalized spacial score (nSPS) is 11.9. The Hall–Kier alpha value is -7.41. The van der Waals surface area contributed by atoms with E-state index >= 15 is 0 Å². The Morgan fingerprint density at radius 2 is 0.947 bits per heavy atom. The van der Waals surface area contributed by atoms with Gasteiger partial charge in [-0.2, -0.15) is 0 Å². The zero-order chi connectivity index (χ0) is 37.5. The lowest BCUT2D eigenvalue weighted by atomic mass is 10.0. The van der Waals surface area contributed by atoms with Crippen LogP contribution in [0.2, 0.25) is 0 Å². The van der Waals surface area contributed by atoms with Gasteiger partial charge >= 0.3 is 0 Å². The summed E-state index contributed by atoms with van der Waals surface area (Å²) in [5.74, 6) is 1.96. The number of fused-ring (bicyclic) bond motifs is 9. The van der Waals surface area contributed by atoms with Gasteiger partial charge in [0.25, 0.3) is 0 Å². The second kappa shape index (κ2) is 12.6. The molecule has 0 saturated carbocycles. The minimum absolute atomic E-state index is 0.650. The molecule has 4 aromatic heterocycles. The number of hydrogen-bond acceptors (Lipinski definition) is 5. The fourth-order valence-corrected chi connectivity index (χ4v) is 9.59. The fourth-order valence-electron chi connectivity index (χ4n) is 8.38. The molecule has 5 nitrogen and oxygen atoms in total. The minimum atomic E-state index is 0.650. The van der Waals surface area contributed by atoms with Crippen LogP contribution in [0.4, 0.5) is 0 Å². The lowest BCUT2D eigenvalue weighted by Crippen LogP contribution is -2.00. The van der Waals surface area contributed by atoms with Gasteiger partial charge in [0.1, 0.15) is 11.2 Å². The Balaban J connectivity index is 0.958. The summed E-state index contributed by atoms with van der Waals surface area (Å²) in [7, 11) is 0. The number of aromatic nitrogens is 4. The number of hydrogen-bond donors (Lipinski definition) is 0. The molecule has 0 amide bonds. The summed E-state index contributed by atoms with van der Waals surface area (Å²) in [5.41, 5.74) is 10.4. The van der Waals surface area contributed by atoms with Gasteiger partial charge in [0, 0.05) is 70.2 Å². The molecule has 0 unspecified atom stereocenters. The van der Waals surface area contributed by atoms with E-state index in [1.165, 1.54) is 47.5 Å². The van der Waals surface area contributed by atoms with Crippen molar-refractivity contribution >= 4 is 75.3 Å². The first-order valence-corrected chi connectivity index (χ1v) is 19.8. The standard InChI is InChI=1S/C51H30N4OS/c1-3-12-31(13-4-1)49-52-50(32-14-5-2-6-15-32)54-51(53-49)34-23-27-47-42(28-34)41-19-11-18-36(48(41)57-47)33-22-25-39-40-26-24-35(30-46(40)56-45(39)29-33)55-43-20-9-7-16-37(43)38-17-8-10-21-44(38)55/h1-30H. The molecule has 0 aliphatic heterocycles. The molecule has 0 N–H and O–H groups in total.